The van der Waals surface area contributed by atoms with Crippen molar-refractivity contribution in [2.75, 3.05) is 51.8 Å². The smallest absolute Gasteiger partial charge is 0.225 e. The summed E-state index contributed by atoms with van der Waals surface area (Å²) in [6, 6.07) is 7.30. The molecule has 1 saturated heterocycles. The normalized spacial score (nSPS) is 16.5. The van der Waals surface area contributed by atoms with Gasteiger partial charge in [-0.25, -0.2) is 9.97 Å². The highest BCUT2D eigenvalue weighted by molar-refractivity contribution is 5.41. The van der Waals surface area contributed by atoms with Crippen molar-refractivity contribution in [3.63, 3.8) is 0 Å². The molecule has 7 nitrogen and oxygen atoms in total. The lowest BCUT2D eigenvalue weighted by Crippen LogP contribution is -2.48. The Hall–Kier alpha value is -2.38. The Labute approximate surface area is 147 Å². The number of aromatic nitrogens is 2. The molecule has 0 radical (unpaired) electrons. The standard InChI is InChI=1S/C18H24N4O3/c1-24-14-4-5-17(25-2)15(12-14)16(23)13-21-8-10-22(11-9-21)18-19-6-3-7-20-18/h3-7,12,16,23H,8-11,13H2,1-2H3/t16-/m1/s1. The van der Waals surface area contributed by atoms with Crippen molar-refractivity contribution in [1.29, 1.82) is 0 Å². The number of rotatable bonds is 6. The molecule has 1 fully saturated rings. The summed E-state index contributed by atoms with van der Waals surface area (Å²) in [5.74, 6) is 2.14. The highest BCUT2D eigenvalue weighted by Gasteiger charge is 2.23. The summed E-state index contributed by atoms with van der Waals surface area (Å²) in [4.78, 5) is 13.0. The van der Waals surface area contributed by atoms with Gasteiger partial charge in [0, 0.05) is 50.7 Å². The molecule has 1 aliphatic rings. The Balaban J connectivity index is 1.60. The van der Waals surface area contributed by atoms with E-state index >= 15 is 0 Å². The Kier molecular flexibility index (Phi) is 5.67. The molecule has 1 atom stereocenters. The van der Waals surface area contributed by atoms with E-state index in [0.717, 1.165) is 37.7 Å². The number of hydrogen-bond donors (Lipinski definition) is 1. The molecular formula is C18H24N4O3. The molecule has 0 spiro atoms. The lowest BCUT2D eigenvalue weighted by atomic mass is 10.1. The highest BCUT2D eigenvalue weighted by Crippen LogP contribution is 2.30. The number of ether oxygens (including phenoxy) is 2. The molecule has 134 valence electrons. The van der Waals surface area contributed by atoms with Crippen LogP contribution in [0.2, 0.25) is 0 Å². The fourth-order valence-electron chi connectivity index (χ4n) is 3.03. The second-order valence-corrected chi connectivity index (χ2v) is 5.96. The van der Waals surface area contributed by atoms with Crippen LogP contribution in [-0.2, 0) is 0 Å². The number of aliphatic hydroxyl groups is 1. The first-order valence-electron chi connectivity index (χ1n) is 8.35. The minimum atomic E-state index is -0.635. The summed E-state index contributed by atoms with van der Waals surface area (Å²) in [7, 11) is 3.22. The topological polar surface area (TPSA) is 71.0 Å². The van der Waals surface area contributed by atoms with Crippen LogP contribution in [0.15, 0.2) is 36.7 Å². The van der Waals surface area contributed by atoms with E-state index in [-0.39, 0.29) is 0 Å². The number of nitrogens with zero attached hydrogens (tertiary/aromatic N) is 4. The van der Waals surface area contributed by atoms with Crippen LogP contribution in [0.25, 0.3) is 0 Å². The van der Waals surface area contributed by atoms with Gasteiger partial charge in [-0.1, -0.05) is 0 Å². The van der Waals surface area contributed by atoms with E-state index in [4.69, 9.17) is 9.47 Å². The van der Waals surface area contributed by atoms with Gasteiger partial charge in [0.15, 0.2) is 0 Å². The highest BCUT2D eigenvalue weighted by atomic mass is 16.5. The van der Waals surface area contributed by atoms with Crippen molar-refractivity contribution < 1.29 is 14.6 Å². The Bertz CT molecular complexity index is 675. The van der Waals surface area contributed by atoms with Gasteiger partial charge in [-0.2, -0.15) is 0 Å². The second-order valence-electron chi connectivity index (χ2n) is 5.96. The molecule has 3 rings (SSSR count). The van der Waals surface area contributed by atoms with Gasteiger partial charge in [0.25, 0.3) is 0 Å². The maximum Gasteiger partial charge on any atom is 0.225 e. The fourth-order valence-corrected chi connectivity index (χ4v) is 3.03. The Morgan fingerprint density at radius 3 is 2.44 bits per heavy atom. The summed E-state index contributed by atoms with van der Waals surface area (Å²) in [6.07, 6.45) is 2.88. The van der Waals surface area contributed by atoms with Crippen LogP contribution >= 0.6 is 0 Å². The van der Waals surface area contributed by atoms with Crippen LogP contribution in [0.3, 0.4) is 0 Å². The Morgan fingerprint density at radius 2 is 1.80 bits per heavy atom. The predicted octanol–water partition coefficient (Wildman–Crippen LogP) is 1.35. The van der Waals surface area contributed by atoms with Crippen LogP contribution in [0.1, 0.15) is 11.7 Å². The number of hydrogen-bond acceptors (Lipinski definition) is 7. The summed E-state index contributed by atoms with van der Waals surface area (Å²) >= 11 is 0. The summed E-state index contributed by atoms with van der Waals surface area (Å²) in [5, 5.41) is 10.7. The molecule has 0 bridgehead atoms. The van der Waals surface area contributed by atoms with Gasteiger partial charge in [-0.05, 0) is 24.3 Å². The first-order chi connectivity index (χ1) is 12.2. The van der Waals surface area contributed by atoms with Gasteiger partial charge in [0.2, 0.25) is 5.95 Å². The maximum absolute atomic E-state index is 10.7. The van der Waals surface area contributed by atoms with Gasteiger partial charge in [-0.3, -0.25) is 4.90 Å². The van der Waals surface area contributed by atoms with Gasteiger partial charge in [0.05, 0.1) is 20.3 Å². The summed E-state index contributed by atoms with van der Waals surface area (Å²) in [5.41, 5.74) is 0.746. The van der Waals surface area contributed by atoms with Crippen LogP contribution < -0.4 is 14.4 Å². The molecule has 0 aliphatic carbocycles. The lowest BCUT2D eigenvalue weighted by Gasteiger charge is -2.35. The van der Waals surface area contributed by atoms with Crippen LogP contribution in [0.4, 0.5) is 5.95 Å². The molecule has 0 unspecified atom stereocenters. The van der Waals surface area contributed by atoms with E-state index in [1.807, 2.05) is 24.3 Å². The number of anilines is 1. The number of methoxy groups -OCH3 is 2. The van der Waals surface area contributed by atoms with Crippen molar-refractivity contribution >= 4 is 5.95 Å². The molecule has 1 aromatic carbocycles. The molecule has 0 saturated carbocycles. The number of benzene rings is 1. The molecule has 2 heterocycles. The van der Waals surface area contributed by atoms with Gasteiger partial charge < -0.3 is 19.5 Å². The lowest BCUT2D eigenvalue weighted by molar-refractivity contribution is 0.107. The molecule has 1 N–H and O–H groups in total. The van der Waals surface area contributed by atoms with E-state index in [0.29, 0.717) is 18.0 Å². The third-order valence-electron chi connectivity index (χ3n) is 4.43. The molecule has 0 amide bonds. The van der Waals surface area contributed by atoms with Crippen molar-refractivity contribution in [3.8, 4) is 11.5 Å². The average molecular weight is 344 g/mol. The summed E-state index contributed by atoms with van der Waals surface area (Å²) < 4.78 is 10.6. The molecular weight excluding hydrogens is 320 g/mol. The molecule has 7 heteroatoms. The number of aliphatic hydroxyl groups excluding tert-OH is 1. The zero-order chi connectivity index (χ0) is 17.6. The van der Waals surface area contributed by atoms with E-state index < -0.39 is 6.10 Å². The first kappa shape index (κ1) is 17.4. The van der Waals surface area contributed by atoms with E-state index in [1.54, 1.807) is 26.6 Å². The van der Waals surface area contributed by atoms with Crippen molar-refractivity contribution in [2.45, 2.75) is 6.10 Å². The molecule has 1 aliphatic heterocycles. The van der Waals surface area contributed by atoms with E-state index in [9.17, 15) is 5.11 Å². The Morgan fingerprint density at radius 1 is 1.08 bits per heavy atom. The SMILES string of the molecule is COc1ccc(OC)c([C@H](O)CN2CCN(c3ncccn3)CC2)c1. The minimum absolute atomic E-state index is 0.549. The van der Waals surface area contributed by atoms with Crippen LogP contribution in [0.5, 0.6) is 11.5 Å². The fraction of sp³-hybridized carbons (Fsp3) is 0.444. The zero-order valence-electron chi connectivity index (χ0n) is 14.6. The molecule has 1 aromatic heterocycles. The predicted molar refractivity (Wildman–Crippen MR) is 95.2 cm³/mol. The summed E-state index contributed by atoms with van der Waals surface area (Å²) in [6.45, 7) is 3.92. The molecule has 2 aromatic rings. The van der Waals surface area contributed by atoms with Crippen LogP contribution in [0, 0.1) is 0 Å². The van der Waals surface area contributed by atoms with Crippen molar-refractivity contribution in [3.05, 3.63) is 42.2 Å². The largest absolute Gasteiger partial charge is 0.497 e. The third kappa shape index (κ3) is 4.18. The monoisotopic (exact) mass is 344 g/mol. The van der Waals surface area contributed by atoms with Crippen molar-refractivity contribution in [1.82, 2.24) is 14.9 Å². The first-order valence-corrected chi connectivity index (χ1v) is 8.35. The minimum Gasteiger partial charge on any atom is -0.497 e. The maximum atomic E-state index is 10.7. The quantitative estimate of drug-likeness (QED) is 0.848. The zero-order valence-corrected chi connectivity index (χ0v) is 14.6. The van der Waals surface area contributed by atoms with Gasteiger partial charge in [0.1, 0.15) is 11.5 Å². The number of piperazine rings is 1. The van der Waals surface area contributed by atoms with Crippen molar-refractivity contribution in [2.24, 2.45) is 0 Å². The van der Waals surface area contributed by atoms with Gasteiger partial charge in [-0.15, -0.1) is 0 Å². The van der Waals surface area contributed by atoms with E-state index in [2.05, 4.69) is 19.8 Å². The van der Waals surface area contributed by atoms with E-state index in [1.165, 1.54) is 0 Å². The van der Waals surface area contributed by atoms with Gasteiger partial charge >= 0.3 is 0 Å². The second kappa shape index (κ2) is 8.13. The molecule has 25 heavy (non-hydrogen) atoms. The number of β-amino-alcohol motifs (C(OH)–C–C–N with tert-alkyl or cyclic N) is 1. The van der Waals surface area contributed by atoms with Crippen LogP contribution in [-0.4, -0.2) is 66.9 Å². The third-order valence-corrected chi connectivity index (χ3v) is 4.43. The average Bonchev–Trinajstić information content (AvgIpc) is 2.68.